The highest BCUT2D eigenvalue weighted by Crippen LogP contribution is 2.31. The van der Waals surface area contributed by atoms with Gasteiger partial charge in [-0.15, -0.1) is 0 Å². The average molecular weight is 340 g/mol. The second kappa shape index (κ2) is 7.55. The molecule has 2 aliphatic rings. The predicted molar refractivity (Wildman–Crippen MR) is 98.8 cm³/mol. The molecule has 4 nitrogen and oxygen atoms in total. The van der Waals surface area contributed by atoms with Gasteiger partial charge in [0.05, 0.1) is 4.92 Å². The van der Waals surface area contributed by atoms with E-state index in [1.807, 2.05) is 12.1 Å². The molecule has 0 aromatic carbocycles. The van der Waals surface area contributed by atoms with Gasteiger partial charge in [-0.1, -0.05) is 53.8 Å². The molecule has 24 heavy (non-hydrogen) atoms. The van der Waals surface area contributed by atoms with E-state index in [2.05, 4.69) is 48.6 Å². The van der Waals surface area contributed by atoms with Crippen LogP contribution in [-0.4, -0.2) is 11.5 Å². The van der Waals surface area contributed by atoms with Gasteiger partial charge >= 0.3 is 5.00 Å². The van der Waals surface area contributed by atoms with Crippen LogP contribution in [0.4, 0.5) is 5.00 Å². The molecule has 124 valence electrons. The maximum absolute atomic E-state index is 10.7. The first kappa shape index (κ1) is 16.6. The van der Waals surface area contributed by atoms with Crippen LogP contribution in [0.15, 0.2) is 54.6 Å². The minimum absolute atomic E-state index is 0.224. The van der Waals surface area contributed by atoms with E-state index in [1.165, 1.54) is 28.0 Å². The highest BCUT2D eigenvalue weighted by atomic mass is 32.1. The van der Waals surface area contributed by atoms with Crippen LogP contribution in [0.3, 0.4) is 0 Å². The van der Waals surface area contributed by atoms with Crippen LogP contribution in [-0.2, 0) is 6.42 Å². The van der Waals surface area contributed by atoms with Gasteiger partial charge in [-0.3, -0.25) is 10.1 Å². The van der Waals surface area contributed by atoms with Gasteiger partial charge in [-0.2, -0.15) is 0 Å². The smallest absolute Gasteiger partial charge is 0.310 e. The number of aryl methyl sites for hydroxylation is 1. The van der Waals surface area contributed by atoms with Gasteiger partial charge in [-0.25, -0.2) is 0 Å². The van der Waals surface area contributed by atoms with E-state index in [0.29, 0.717) is 0 Å². The van der Waals surface area contributed by atoms with Gasteiger partial charge in [0.2, 0.25) is 0 Å². The molecule has 0 bridgehead atoms. The van der Waals surface area contributed by atoms with Crippen molar-refractivity contribution in [3.8, 4) is 11.1 Å². The Labute approximate surface area is 145 Å². The summed E-state index contributed by atoms with van der Waals surface area (Å²) in [6, 6.07) is 18.5. The van der Waals surface area contributed by atoms with Crippen LogP contribution in [0.1, 0.15) is 29.8 Å². The molecule has 0 spiro atoms. The van der Waals surface area contributed by atoms with Gasteiger partial charge in [-0.05, 0) is 49.1 Å². The molecule has 0 radical (unpaired) electrons. The molecule has 5 heteroatoms. The Morgan fingerprint density at radius 2 is 1.96 bits per heavy atom. The van der Waals surface area contributed by atoms with Gasteiger partial charge in [0.25, 0.3) is 0 Å². The zero-order valence-electron chi connectivity index (χ0n) is 13.6. The summed E-state index contributed by atoms with van der Waals surface area (Å²) in [5.41, 5.74) is 3.86. The average Bonchev–Trinajstić information content (AvgIpc) is 3.13. The number of hydrogen-bond acceptors (Lipinski definition) is 4. The van der Waals surface area contributed by atoms with E-state index in [9.17, 15) is 10.1 Å². The summed E-state index contributed by atoms with van der Waals surface area (Å²) in [7, 11) is 0. The number of hydrogen-bond donors (Lipinski definition) is 1. The monoisotopic (exact) mass is 340 g/mol. The third-order valence-electron chi connectivity index (χ3n) is 4.17. The Bertz CT molecular complexity index is 800. The zero-order chi connectivity index (χ0) is 16.9. The zero-order valence-corrected chi connectivity index (χ0v) is 14.4. The van der Waals surface area contributed by atoms with E-state index >= 15 is 0 Å². The van der Waals surface area contributed by atoms with E-state index in [4.69, 9.17) is 0 Å². The van der Waals surface area contributed by atoms with Crippen molar-refractivity contribution in [2.45, 2.75) is 25.8 Å². The van der Waals surface area contributed by atoms with E-state index in [0.717, 1.165) is 24.3 Å². The Morgan fingerprint density at radius 1 is 1.12 bits per heavy atom. The Kier molecular flexibility index (Phi) is 5.23. The Hall–Kier alpha value is -2.24. The van der Waals surface area contributed by atoms with Crippen LogP contribution in [0.5, 0.6) is 0 Å². The lowest BCUT2D eigenvalue weighted by Crippen LogP contribution is -2.20. The maximum atomic E-state index is 10.7. The second-order valence-corrected chi connectivity index (χ2v) is 6.99. The lowest BCUT2D eigenvalue weighted by Gasteiger charge is -2.14. The first-order valence-corrected chi connectivity index (χ1v) is 8.91. The molecule has 1 heterocycles. The first-order chi connectivity index (χ1) is 11.6. The summed E-state index contributed by atoms with van der Waals surface area (Å²) in [5.74, 6) is 0. The van der Waals surface area contributed by atoms with Crippen LogP contribution < -0.4 is 5.32 Å². The van der Waals surface area contributed by atoms with Crippen molar-refractivity contribution in [1.29, 1.82) is 0 Å². The fourth-order valence-corrected chi connectivity index (χ4v) is 3.77. The van der Waals surface area contributed by atoms with Crippen molar-refractivity contribution in [1.82, 2.24) is 5.32 Å². The lowest BCUT2D eigenvalue weighted by molar-refractivity contribution is -0.380. The first-order valence-electron chi connectivity index (χ1n) is 8.09. The molecule has 1 aromatic heterocycles. The molecule has 1 unspecified atom stereocenters. The summed E-state index contributed by atoms with van der Waals surface area (Å²) < 4.78 is 0. The summed E-state index contributed by atoms with van der Waals surface area (Å²) in [6.45, 7) is 3.07. The third kappa shape index (κ3) is 3.80. The molecular weight excluding hydrogens is 320 g/mol. The number of nitrogens with zero attached hydrogens (tertiary/aromatic N) is 1. The second-order valence-electron chi connectivity index (χ2n) is 5.84. The number of fused-ring (bicyclic) bond motifs is 1. The number of thiophene rings is 1. The highest BCUT2D eigenvalue weighted by molar-refractivity contribution is 7.15. The minimum atomic E-state index is -0.324. The fourth-order valence-electron chi connectivity index (χ4n) is 2.91. The summed E-state index contributed by atoms with van der Waals surface area (Å²) >= 11 is 1.27. The van der Waals surface area contributed by atoms with Gasteiger partial charge in [0, 0.05) is 17.0 Å². The quantitative estimate of drug-likeness (QED) is 0.372. The molecule has 2 aliphatic carbocycles. The molecule has 0 amide bonds. The molecule has 0 fully saturated rings. The van der Waals surface area contributed by atoms with Crippen molar-refractivity contribution in [3.05, 3.63) is 75.2 Å². The molecular formula is C19H20N2O2S. The van der Waals surface area contributed by atoms with E-state index in [1.54, 1.807) is 6.07 Å². The molecule has 0 aliphatic heterocycles. The molecule has 1 atom stereocenters. The standard InChI is InChI=1S/C19H20N2O2S/c1-14(17-11-9-15-6-3-2-4-8-18(15)17)20-13-5-7-16-10-12-19(24-16)21(22)23/h2-4,6,8-12,14,20H,5,7,13H2,1H3. The van der Waals surface area contributed by atoms with Crippen molar-refractivity contribution in [2.75, 3.05) is 6.54 Å². The van der Waals surface area contributed by atoms with Gasteiger partial charge in [0.1, 0.15) is 0 Å². The summed E-state index contributed by atoms with van der Waals surface area (Å²) in [6.07, 6.45) is 1.84. The van der Waals surface area contributed by atoms with E-state index < -0.39 is 0 Å². The minimum Gasteiger partial charge on any atom is -0.310 e. The number of rotatable bonds is 7. The molecule has 1 N–H and O–H groups in total. The Balaban J connectivity index is 1.52. The largest absolute Gasteiger partial charge is 0.324 e. The van der Waals surface area contributed by atoms with Crippen molar-refractivity contribution in [2.24, 2.45) is 0 Å². The van der Waals surface area contributed by atoms with Crippen LogP contribution >= 0.6 is 11.3 Å². The lowest BCUT2D eigenvalue weighted by atomic mass is 10.0. The van der Waals surface area contributed by atoms with Crippen molar-refractivity contribution in [3.63, 3.8) is 0 Å². The molecule has 0 saturated heterocycles. The van der Waals surface area contributed by atoms with Crippen LogP contribution in [0, 0.1) is 10.1 Å². The van der Waals surface area contributed by atoms with Crippen molar-refractivity contribution < 1.29 is 4.92 Å². The van der Waals surface area contributed by atoms with Crippen molar-refractivity contribution >= 4 is 16.3 Å². The van der Waals surface area contributed by atoms with Crippen LogP contribution in [0.2, 0.25) is 0 Å². The fraction of sp³-hybridized carbons (Fsp3) is 0.263. The third-order valence-corrected chi connectivity index (χ3v) is 5.27. The van der Waals surface area contributed by atoms with E-state index in [-0.39, 0.29) is 16.0 Å². The predicted octanol–water partition coefficient (Wildman–Crippen LogP) is 5.04. The maximum Gasteiger partial charge on any atom is 0.324 e. The summed E-state index contributed by atoms with van der Waals surface area (Å²) in [4.78, 5) is 11.4. The molecule has 1 aromatic rings. The van der Waals surface area contributed by atoms with Gasteiger partial charge in [0.15, 0.2) is 0 Å². The van der Waals surface area contributed by atoms with Gasteiger partial charge < -0.3 is 5.32 Å². The number of nitro groups is 1. The SMILES string of the molecule is CC(NCCCc1ccc([N+](=O)[O-])s1)c1ccc2cccccc1-2. The normalized spacial score (nSPS) is 12.4. The Morgan fingerprint density at radius 3 is 2.75 bits per heavy atom. The molecule has 3 rings (SSSR count). The summed E-state index contributed by atoms with van der Waals surface area (Å²) in [5, 5.41) is 14.5. The van der Waals surface area contributed by atoms with Crippen LogP contribution in [0.25, 0.3) is 11.1 Å². The highest BCUT2D eigenvalue weighted by Gasteiger charge is 2.13. The number of nitrogens with one attached hydrogen (secondary N) is 1. The topological polar surface area (TPSA) is 55.2 Å². The molecule has 0 saturated carbocycles.